The van der Waals surface area contributed by atoms with Crippen LogP contribution in [0.1, 0.15) is 0 Å². The number of hydrogen-bond donors (Lipinski definition) is 2. The van der Waals surface area contributed by atoms with Gasteiger partial charge in [-0.15, -0.1) is 4.33 Å². The van der Waals surface area contributed by atoms with Crippen LogP contribution in [0.4, 0.5) is 5.95 Å². The smallest absolute Gasteiger partial charge is 0.240 e. The summed E-state index contributed by atoms with van der Waals surface area (Å²) in [5.41, 5.74) is 0. The van der Waals surface area contributed by atoms with Gasteiger partial charge in [0.25, 0.3) is 0 Å². The van der Waals surface area contributed by atoms with Gasteiger partial charge < -0.3 is 0 Å². The van der Waals surface area contributed by atoms with Gasteiger partial charge in [0.15, 0.2) is 0 Å². The molecule has 10 heteroatoms. The first-order chi connectivity index (χ1) is 7.22. The minimum atomic E-state index is -0.0538. The van der Waals surface area contributed by atoms with E-state index in [1.165, 1.54) is 0 Å². The van der Waals surface area contributed by atoms with Gasteiger partial charge in [0, 0.05) is 11.3 Å². The van der Waals surface area contributed by atoms with Crippen LogP contribution in [-0.4, -0.2) is 20.2 Å². The molecule has 15 heavy (non-hydrogen) atoms. The number of nitrogens with one attached hydrogen (secondary N) is 1. The number of aromatic nitrogens is 3. The third kappa shape index (κ3) is 4.98. The summed E-state index contributed by atoms with van der Waals surface area (Å²) in [7, 11) is 0. The molecule has 80 valence electrons. The SMILES string of the molecule is OOOSC#CNc1nc(Cl)nc(Cl)n1. The van der Waals surface area contributed by atoms with E-state index in [-0.39, 0.29) is 16.5 Å². The van der Waals surface area contributed by atoms with E-state index in [4.69, 9.17) is 28.5 Å². The predicted octanol–water partition coefficient (Wildman–Crippen LogP) is 1.58. The van der Waals surface area contributed by atoms with E-state index in [1.807, 2.05) is 0 Å². The van der Waals surface area contributed by atoms with Gasteiger partial charge in [0.1, 0.15) is 12.0 Å². The van der Waals surface area contributed by atoms with E-state index < -0.39 is 0 Å². The van der Waals surface area contributed by atoms with Crippen molar-refractivity contribution < 1.29 is 14.6 Å². The summed E-state index contributed by atoms with van der Waals surface area (Å²) in [5.74, 6) is 0.0954. The molecule has 0 aliphatic heterocycles. The highest BCUT2D eigenvalue weighted by Gasteiger charge is 2.00. The molecule has 0 aromatic carbocycles. The van der Waals surface area contributed by atoms with Crippen molar-refractivity contribution in [1.82, 2.24) is 15.0 Å². The summed E-state index contributed by atoms with van der Waals surface area (Å²) in [4.78, 5) is 10.9. The van der Waals surface area contributed by atoms with E-state index >= 15 is 0 Å². The summed E-state index contributed by atoms with van der Waals surface area (Å²) < 4.78 is 3.97. The highest BCUT2D eigenvalue weighted by atomic mass is 35.5. The summed E-state index contributed by atoms with van der Waals surface area (Å²) in [5, 5.41) is 15.7. The maximum atomic E-state index is 7.76. The zero-order valence-corrected chi connectivity index (χ0v) is 9.10. The molecular formula is C5H2Cl2N4O3S. The minimum Gasteiger partial charge on any atom is -0.282 e. The molecule has 1 aromatic heterocycles. The van der Waals surface area contributed by atoms with Crippen LogP contribution in [0.25, 0.3) is 0 Å². The standard InChI is InChI=1S/C5H2Cl2N4O3S/c6-3-9-4(7)11-5(10-3)8-1-2-15-14-13-12/h12H,(H,8,9,10,11). The average molecular weight is 269 g/mol. The normalized spacial score (nSPS) is 9.27. The molecule has 0 unspecified atom stereocenters. The molecule has 2 N–H and O–H groups in total. The van der Waals surface area contributed by atoms with Gasteiger partial charge >= 0.3 is 0 Å². The summed E-state index contributed by atoms with van der Waals surface area (Å²) in [6.07, 6.45) is 0. The van der Waals surface area contributed by atoms with Crippen LogP contribution in [0, 0.1) is 11.3 Å². The topological polar surface area (TPSA) is 89.4 Å². The summed E-state index contributed by atoms with van der Waals surface area (Å²) in [6.45, 7) is 0. The molecule has 1 rings (SSSR count). The molecule has 0 amide bonds. The fraction of sp³-hybridized carbons (Fsp3) is 0. The molecule has 0 saturated heterocycles. The first kappa shape index (κ1) is 12.3. The molecular weight excluding hydrogens is 267 g/mol. The fourth-order valence-corrected chi connectivity index (χ4v) is 1.04. The van der Waals surface area contributed by atoms with Gasteiger partial charge in [-0.2, -0.15) is 15.0 Å². The maximum absolute atomic E-state index is 7.76. The Balaban J connectivity index is 2.52. The first-order valence-corrected chi connectivity index (χ1v) is 4.69. The molecule has 1 heterocycles. The molecule has 1 aromatic rings. The van der Waals surface area contributed by atoms with Crippen LogP contribution >= 0.6 is 35.2 Å². The van der Waals surface area contributed by atoms with E-state index in [9.17, 15) is 0 Å². The molecule has 0 aliphatic rings. The van der Waals surface area contributed by atoms with Crippen molar-refractivity contribution in [3.63, 3.8) is 0 Å². The Labute approximate surface area is 98.2 Å². The van der Waals surface area contributed by atoms with E-state index in [2.05, 4.69) is 40.9 Å². The number of rotatable bonds is 3. The highest BCUT2D eigenvalue weighted by molar-refractivity contribution is 7.99. The zero-order chi connectivity index (χ0) is 11.1. The van der Waals surface area contributed by atoms with Crippen molar-refractivity contribution >= 4 is 41.2 Å². The lowest BCUT2D eigenvalue weighted by Crippen LogP contribution is -1.98. The van der Waals surface area contributed by atoms with E-state index in [1.54, 1.807) is 0 Å². The number of hydrogen-bond acceptors (Lipinski definition) is 8. The number of halogens is 2. The maximum Gasteiger partial charge on any atom is 0.240 e. The van der Waals surface area contributed by atoms with Crippen molar-refractivity contribution in [3.8, 4) is 11.3 Å². The van der Waals surface area contributed by atoms with E-state index in [0.717, 1.165) is 0 Å². The van der Waals surface area contributed by atoms with Crippen LogP contribution in [0.3, 0.4) is 0 Å². The summed E-state index contributed by atoms with van der Waals surface area (Å²) >= 11 is 11.5. The summed E-state index contributed by atoms with van der Waals surface area (Å²) in [6, 6.07) is 2.37. The average Bonchev–Trinajstić information content (AvgIpc) is 2.16. The zero-order valence-electron chi connectivity index (χ0n) is 6.77. The lowest BCUT2D eigenvalue weighted by Gasteiger charge is -1.96. The van der Waals surface area contributed by atoms with Gasteiger partial charge in [0.2, 0.25) is 16.5 Å². The Morgan fingerprint density at radius 1 is 1.27 bits per heavy atom. The minimum absolute atomic E-state index is 0.0538. The first-order valence-electron chi connectivity index (χ1n) is 3.19. The van der Waals surface area contributed by atoms with E-state index in [0.29, 0.717) is 12.0 Å². The van der Waals surface area contributed by atoms with Gasteiger partial charge in [0.05, 0.1) is 0 Å². The Kier molecular flexibility index (Phi) is 5.41. The van der Waals surface area contributed by atoms with Crippen LogP contribution < -0.4 is 5.32 Å². The number of anilines is 1. The van der Waals surface area contributed by atoms with Crippen molar-refractivity contribution in [1.29, 1.82) is 0 Å². The van der Waals surface area contributed by atoms with Crippen LogP contribution in [0.15, 0.2) is 0 Å². The number of nitrogens with zero attached hydrogens (tertiary/aromatic N) is 3. The molecule has 0 spiro atoms. The quantitative estimate of drug-likeness (QED) is 0.213. The second-order valence-corrected chi connectivity index (χ2v) is 2.96. The molecule has 7 nitrogen and oxygen atoms in total. The lowest BCUT2D eigenvalue weighted by atomic mass is 10.9. The van der Waals surface area contributed by atoms with Gasteiger partial charge in [-0.05, 0) is 23.2 Å². The fourth-order valence-electron chi connectivity index (χ4n) is 0.516. The van der Waals surface area contributed by atoms with Crippen LogP contribution in [0.5, 0.6) is 0 Å². The Bertz CT molecular complexity index is 375. The monoisotopic (exact) mass is 268 g/mol. The molecule has 0 saturated carbocycles. The van der Waals surface area contributed by atoms with Crippen molar-refractivity contribution in [2.24, 2.45) is 0 Å². The van der Waals surface area contributed by atoms with Crippen molar-refractivity contribution in [3.05, 3.63) is 10.6 Å². The highest BCUT2D eigenvalue weighted by Crippen LogP contribution is 2.08. The van der Waals surface area contributed by atoms with Gasteiger partial charge in [-0.25, -0.2) is 5.26 Å². The second-order valence-electron chi connectivity index (χ2n) is 1.78. The third-order valence-electron chi connectivity index (χ3n) is 0.912. The molecule has 0 aliphatic carbocycles. The van der Waals surface area contributed by atoms with Gasteiger partial charge in [-0.3, -0.25) is 5.32 Å². The predicted molar refractivity (Wildman–Crippen MR) is 53.6 cm³/mol. The largest absolute Gasteiger partial charge is 0.282 e. The van der Waals surface area contributed by atoms with Gasteiger partial charge in [-0.1, -0.05) is 5.04 Å². The molecule has 0 bridgehead atoms. The molecule has 0 radical (unpaired) electrons. The second kappa shape index (κ2) is 6.62. The molecule has 0 atom stereocenters. The Morgan fingerprint density at radius 3 is 2.53 bits per heavy atom. The lowest BCUT2D eigenvalue weighted by molar-refractivity contribution is -0.431. The molecule has 0 fully saturated rings. The van der Waals surface area contributed by atoms with Crippen LogP contribution in [0.2, 0.25) is 10.6 Å². The Hall–Kier alpha value is -0.820. The third-order valence-corrected chi connectivity index (χ3v) is 1.56. The van der Waals surface area contributed by atoms with Crippen LogP contribution in [-0.2, 0) is 9.37 Å². The van der Waals surface area contributed by atoms with Crippen molar-refractivity contribution in [2.75, 3.05) is 5.32 Å². The Morgan fingerprint density at radius 2 is 1.93 bits per heavy atom. The van der Waals surface area contributed by atoms with Crippen molar-refractivity contribution in [2.45, 2.75) is 0 Å².